The van der Waals surface area contributed by atoms with Crippen LogP contribution < -0.4 is 0 Å². The fraction of sp³-hybridized carbons (Fsp3) is 0.500. The van der Waals surface area contributed by atoms with Crippen LogP contribution in [0.15, 0.2) is 21.5 Å². The quantitative estimate of drug-likeness (QED) is 0.704. The summed E-state index contributed by atoms with van der Waals surface area (Å²) in [4.78, 5) is 0.171. The van der Waals surface area contributed by atoms with Crippen molar-refractivity contribution >= 4 is 27.7 Å². The molecule has 1 heterocycles. The van der Waals surface area contributed by atoms with Crippen LogP contribution in [-0.2, 0) is 21.7 Å². The molecule has 0 unspecified atom stereocenters. The van der Waals surface area contributed by atoms with Gasteiger partial charge in [-0.3, -0.25) is 0 Å². The highest BCUT2D eigenvalue weighted by Gasteiger charge is 2.48. The summed E-state index contributed by atoms with van der Waals surface area (Å²) in [6.07, 6.45) is 1.22. The molecule has 1 aromatic carbocycles. The highest BCUT2D eigenvalue weighted by atomic mass is 79.9. The van der Waals surface area contributed by atoms with E-state index in [0.29, 0.717) is 31.6 Å². The van der Waals surface area contributed by atoms with E-state index in [1.54, 1.807) is 6.07 Å². The van der Waals surface area contributed by atoms with E-state index in [1.165, 1.54) is 6.07 Å². The average Bonchev–Trinajstić information content (AvgIpc) is 2.91. The van der Waals surface area contributed by atoms with E-state index in [9.17, 15) is 13.2 Å². The minimum atomic E-state index is -4.32. The molecule has 1 aromatic rings. The number of halogens is 4. The number of ether oxygens (including phenoxy) is 2. The fourth-order valence-electron chi connectivity index (χ4n) is 2.63. The molecule has 1 aliphatic carbocycles. The van der Waals surface area contributed by atoms with E-state index in [0.717, 1.165) is 10.0 Å². The number of rotatable bonds is 1. The van der Waals surface area contributed by atoms with Gasteiger partial charge < -0.3 is 9.47 Å². The molecule has 0 bridgehead atoms. The highest BCUT2D eigenvalue weighted by Crippen LogP contribution is 2.52. The molecule has 1 spiro atoms. The molecule has 7 heteroatoms. The lowest BCUT2D eigenvalue weighted by molar-refractivity contribution is -0.164. The zero-order chi connectivity index (χ0) is 13.7. The van der Waals surface area contributed by atoms with Gasteiger partial charge in [-0.05, 0) is 35.9 Å². The number of fused-ring (bicyclic) bond motifs is 2. The molecule has 1 aliphatic heterocycles. The normalized spacial score (nSPS) is 21.1. The van der Waals surface area contributed by atoms with Gasteiger partial charge in [-0.25, -0.2) is 0 Å². The topological polar surface area (TPSA) is 18.5 Å². The van der Waals surface area contributed by atoms with Gasteiger partial charge >= 0.3 is 5.51 Å². The van der Waals surface area contributed by atoms with Crippen LogP contribution in [0.2, 0.25) is 0 Å². The van der Waals surface area contributed by atoms with Crippen LogP contribution in [0.5, 0.6) is 0 Å². The van der Waals surface area contributed by atoms with E-state index in [1.807, 2.05) is 0 Å². The lowest BCUT2D eigenvalue weighted by atomic mass is 10.1. The summed E-state index contributed by atoms with van der Waals surface area (Å²) in [5, 5.41) is 0. The Morgan fingerprint density at radius 2 is 1.89 bits per heavy atom. The Balaban J connectivity index is 2.10. The smallest absolute Gasteiger partial charge is 0.343 e. The summed E-state index contributed by atoms with van der Waals surface area (Å²) in [5.41, 5.74) is -2.91. The largest absolute Gasteiger partial charge is 0.446 e. The van der Waals surface area contributed by atoms with Crippen LogP contribution in [-0.4, -0.2) is 18.7 Å². The van der Waals surface area contributed by atoms with Crippen molar-refractivity contribution in [2.75, 3.05) is 13.2 Å². The first-order chi connectivity index (χ1) is 8.91. The van der Waals surface area contributed by atoms with Gasteiger partial charge in [-0.1, -0.05) is 15.9 Å². The zero-order valence-electron chi connectivity index (χ0n) is 9.72. The van der Waals surface area contributed by atoms with Gasteiger partial charge in [0.05, 0.1) is 13.2 Å². The predicted octanol–water partition coefficient (Wildman–Crippen LogP) is 4.21. The molecular formula is C12H10BrF3O2S. The second-order valence-electron chi connectivity index (χ2n) is 4.40. The lowest BCUT2D eigenvalue weighted by Crippen LogP contribution is -2.24. The molecule has 0 radical (unpaired) electrons. The van der Waals surface area contributed by atoms with Crippen molar-refractivity contribution in [2.45, 2.75) is 29.0 Å². The van der Waals surface area contributed by atoms with Crippen molar-refractivity contribution in [3.8, 4) is 0 Å². The third-order valence-corrected chi connectivity index (χ3v) is 4.82. The summed E-state index contributed by atoms with van der Waals surface area (Å²) >= 11 is 3.28. The SMILES string of the molecule is FC(F)(F)Sc1ccc(Br)c2c1C1(CC2)OCCO1. The summed E-state index contributed by atoms with van der Waals surface area (Å²) in [7, 11) is 0. The Labute approximate surface area is 120 Å². The first-order valence-electron chi connectivity index (χ1n) is 5.77. The van der Waals surface area contributed by atoms with E-state index in [-0.39, 0.29) is 16.7 Å². The highest BCUT2D eigenvalue weighted by molar-refractivity contribution is 9.10. The predicted molar refractivity (Wildman–Crippen MR) is 68.0 cm³/mol. The molecule has 19 heavy (non-hydrogen) atoms. The standard InChI is InChI=1S/C12H10BrF3O2S/c13-8-1-2-9(19-12(14,15)16)10-7(8)3-4-11(10)17-5-6-18-11/h1-2H,3-6H2. The van der Waals surface area contributed by atoms with Crippen LogP contribution in [0.25, 0.3) is 0 Å². The molecule has 0 aromatic heterocycles. The lowest BCUT2D eigenvalue weighted by Gasteiger charge is -2.25. The number of alkyl halides is 3. The fourth-order valence-corrected chi connectivity index (χ4v) is 3.93. The molecule has 2 nitrogen and oxygen atoms in total. The third-order valence-electron chi connectivity index (χ3n) is 3.28. The van der Waals surface area contributed by atoms with E-state index in [2.05, 4.69) is 15.9 Å². The van der Waals surface area contributed by atoms with E-state index >= 15 is 0 Å². The van der Waals surface area contributed by atoms with Crippen LogP contribution in [0, 0.1) is 0 Å². The molecule has 1 fully saturated rings. The Kier molecular flexibility index (Phi) is 3.36. The van der Waals surface area contributed by atoms with Gasteiger partial charge in [-0.15, -0.1) is 0 Å². The molecule has 3 rings (SSSR count). The molecule has 0 saturated carbocycles. The number of benzene rings is 1. The van der Waals surface area contributed by atoms with Crippen LogP contribution in [0.1, 0.15) is 17.5 Å². The molecule has 0 N–H and O–H groups in total. The minimum absolute atomic E-state index is 0.105. The van der Waals surface area contributed by atoms with E-state index < -0.39 is 11.3 Å². The summed E-state index contributed by atoms with van der Waals surface area (Å²) in [5.74, 6) is -0.979. The first-order valence-corrected chi connectivity index (χ1v) is 7.38. The molecular weight excluding hydrogens is 345 g/mol. The average molecular weight is 355 g/mol. The van der Waals surface area contributed by atoms with Gasteiger partial charge in [-0.2, -0.15) is 13.2 Å². The third kappa shape index (κ3) is 2.41. The Morgan fingerprint density at radius 1 is 1.21 bits per heavy atom. The van der Waals surface area contributed by atoms with Crippen molar-refractivity contribution in [3.63, 3.8) is 0 Å². The minimum Gasteiger partial charge on any atom is -0.343 e. The number of hydrogen-bond acceptors (Lipinski definition) is 3. The molecule has 0 atom stereocenters. The summed E-state index contributed by atoms with van der Waals surface area (Å²) < 4.78 is 50.0. The molecule has 2 aliphatic rings. The van der Waals surface area contributed by atoms with Gasteiger partial charge in [0.2, 0.25) is 0 Å². The first kappa shape index (κ1) is 13.7. The Bertz CT molecular complexity index is 512. The van der Waals surface area contributed by atoms with Gasteiger partial charge in [0.25, 0.3) is 0 Å². The van der Waals surface area contributed by atoms with Crippen LogP contribution in [0.4, 0.5) is 13.2 Å². The maximum Gasteiger partial charge on any atom is 0.446 e. The molecule has 1 saturated heterocycles. The van der Waals surface area contributed by atoms with Gasteiger partial charge in [0.1, 0.15) is 0 Å². The maximum absolute atomic E-state index is 12.7. The van der Waals surface area contributed by atoms with E-state index in [4.69, 9.17) is 9.47 Å². The molecule has 0 amide bonds. The van der Waals surface area contributed by atoms with Crippen LogP contribution >= 0.6 is 27.7 Å². The van der Waals surface area contributed by atoms with Crippen molar-refractivity contribution in [2.24, 2.45) is 0 Å². The summed E-state index contributed by atoms with van der Waals surface area (Å²) in [6, 6.07) is 3.13. The Morgan fingerprint density at radius 3 is 2.53 bits per heavy atom. The zero-order valence-corrected chi connectivity index (χ0v) is 12.1. The van der Waals surface area contributed by atoms with Crippen molar-refractivity contribution in [3.05, 3.63) is 27.7 Å². The number of thioether (sulfide) groups is 1. The molecule has 104 valence electrons. The second kappa shape index (κ2) is 4.65. The number of hydrogen-bond donors (Lipinski definition) is 0. The van der Waals surface area contributed by atoms with Crippen molar-refractivity contribution in [1.29, 1.82) is 0 Å². The van der Waals surface area contributed by atoms with Gasteiger partial charge in [0, 0.05) is 21.4 Å². The Hall–Kier alpha value is -0.240. The van der Waals surface area contributed by atoms with Gasteiger partial charge in [0.15, 0.2) is 5.79 Å². The van der Waals surface area contributed by atoms with Crippen LogP contribution in [0.3, 0.4) is 0 Å². The maximum atomic E-state index is 12.7. The summed E-state index contributed by atoms with van der Waals surface area (Å²) in [6.45, 7) is 0.837. The van der Waals surface area contributed by atoms with Crippen molar-refractivity contribution in [1.82, 2.24) is 0 Å². The second-order valence-corrected chi connectivity index (χ2v) is 6.36. The monoisotopic (exact) mass is 354 g/mol. The van der Waals surface area contributed by atoms with Crippen molar-refractivity contribution < 1.29 is 22.6 Å².